The van der Waals surface area contributed by atoms with Gasteiger partial charge in [-0.15, -0.1) is 11.8 Å². The summed E-state index contributed by atoms with van der Waals surface area (Å²) in [5.74, 6) is -0.0292. The third kappa shape index (κ3) is 11.1. The highest BCUT2D eigenvalue weighted by Crippen LogP contribution is 2.29. The Balaban J connectivity index is 0.00000177. The standard InChI is InChI=1S/C20H26N2O4S.C2H4O.CH4O/c1-14(2)9-11-26-17(24)10-12-27-20-18(19(25)22(20)3)21-16(23)13-15-7-5-4-6-8-15;1-2-3;1-2/h4-9,18,20H,10-13H2,1-3H3,(H,21,23);2H,1H3;2H,1H3. The van der Waals surface area contributed by atoms with Gasteiger partial charge < -0.3 is 24.9 Å². The number of thioether (sulfide) groups is 1. The van der Waals surface area contributed by atoms with Crippen LogP contribution in [0.5, 0.6) is 0 Å². The number of carbonyl (C=O) groups excluding carboxylic acids is 4. The van der Waals surface area contributed by atoms with Crippen LogP contribution in [-0.4, -0.2) is 72.0 Å². The van der Waals surface area contributed by atoms with Gasteiger partial charge in [-0.1, -0.05) is 35.9 Å². The first-order valence-corrected chi connectivity index (χ1v) is 11.2. The molecular formula is C23H34N2O6S. The van der Waals surface area contributed by atoms with Gasteiger partial charge in [-0.2, -0.15) is 0 Å². The van der Waals surface area contributed by atoms with E-state index in [1.165, 1.54) is 18.7 Å². The highest BCUT2D eigenvalue weighted by molar-refractivity contribution is 8.00. The molecule has 0 spiro atoms. The van der Waals surface area contributed by atoms with E-state index >= 15 is 0 Å². The number of carbonyl (C=O) groups is 4. The fourth-order valence-corrected chi connectivity index (χ4v) is 3.82. The van der Waals surface area contributed by atoms with Gasteiger partial charge in [-0.3, -0.25) is 14.4 Å². The van der Waals surface area contributed by atoms with Gasteiger partial charge in [0, 0.05) is 19.9 Å². The fourth-order valence-electron chi connectivity index (χ4n) is 2.59. The quantitative estimate of drug-likeness (QED) is 0.248. The van der Waals surface area contributed by atoms with E-state index in [2.05, 4.69) is 5.32 Å². The minimum absolute atomic E-state index is 0.111. The molecule has 2 amide bonds. The number of aliphatic hydroxyl groups is 1. The maximum absolute atomic E-state index is 12.2. The normalized spacial score (nSPS) is 16.2. The molecule has 0 aliphatic carbocycles. The number of esters is 1. The Kier molecular flexibility index (Phi) is 15.6. The van der Waals surface area contributed by atoms with Gasteiger partial charge in [0.15, 0.2) is 0 Å². The second-order valence-corrected chi connectivity index (χ2v) is 8.09. The molecule has 1 aromatic carbocycles. The molecule has 1 heterocycles. The summed E-state index contributed by atoms with van der Waals surface area (Å²) < 4.78 is 5.11. The second-order valence-electron chi connectivity index (χ2n) is 6.87. The van der Waals surface area contributed by atoms with Gasteiger partial charge in [0.1, 0.15) is 24.3 Å². The molecule has 0 aromatic heterocycles. The van der Waals surface area contributed by atoms with Crippen molar-refractivity contribution in [2.45, 2.75) is 45.0 Å². The summed E-state index contributed by atoms with van der Waals surface area (Å²) in [7, 11) is 2.70. The molecule has 0 radical (unpaired) electrons. The Hall–Kier alpha value is -2.65. The molecule has 178 valence electrons. The monoisotopic (exact) mass is 466 g/mol. The molecule has 2 N–H and O–H groups in total. The van der Waals surface area contributed by atoms with Crippen LogP contribution in [0.1, 0.15) is 32.8 Å². The van der Waals surface area contributed by atoms with E-state index in [1.807, 2.05) is 50.3 Å². The molecule has 2 unspecified atom stereocenters. The predicted molar refractivity (Wildman–Crippen MR) is 126 cm³/mol. The molecule has 0 bridgehead atoms. The minimum atomic E-state index is -0.544. The van der Waals surface area contributed by atoms with E-state index in [0.29, 0.717) is 5.75 Å². The number of β-lactam (4-membered cyclic amide) rings is 1. The summed E-state index contributed by atoms with van der Waals surface area (Å²) in [5, 5.41) is 9.64. The zero-order valence-corrected chi connectivity index (χ0v) is 20.2. The summed E-state index contributed by atoms with van der Waals surface area (Å²) in [5.41, 5.74) is 2.00. The number of nitrogens with one attached hydrogen (secondary N) is 1. The van der Waals surface area contributed by atoms with Crippen molar-refractivity contribution in [2.24, 2.45) is 0 Å². The van der Waals surface area contributed by atoms with Gasteiger partial charge in [0.05, 0.1) is 12.8 Å². The zero-order valence-electron chi connectivity index (χ0n) is 19.4. The van der Waals surface area contributed by atoms with Crippen LogP contribution in [0.4, 0.5) is 0 Å². The predicted octanol–water partition coefficient (Wildman–Crippen LogP) is 1.96. The van der Waals surface area contributed by atoms with Crippen molar-refractivity contribution >= 4 is 35.8 Å². The smallest absolute Gasteiger partial charge is 0.306 e. The Bertz CT molecular complexity index is 750. The van der Waals surface area contributed by atoms with E-state index < -0.39 is 6.04 Å². The maximum Gasteiger partial charge on any atom is 0.306 e. The van der Waals surface area contributed by atoms with Crippen molar-refractivity contribution in [1.82, 2.24) is 10.2 Å². The summed E-state index contributed by atoms with van der Waals surface area (Å²) in [4.78, 5) is 46.4. The molecule has 1 aliphatic heterocycles. The highest BCUT2D eigenvalue weighted by Gasteiger charge is 2.46. The molecule has 2 rings (SSSR count). The number of likely N-dealkylation sites (tertiary alicyclic amines) is 1. The van der Waals surface area contributed by atoms with Gasteiger partial charge in [-0.25, -0.2) is 0 Å². The van der Waals surface area contributed by atoms with Crippen molar-refractivity contribution in [3.63, 3.8) is 0 Å². The molecule has 9 heteroatoms. The van der Waals surface area contributed by atoms with Gasteiger partial charge in [0.2, 0.25) is 11.8 Å². The highest BCUT2D eigenvalue weighted by atomic mass is 32.2. The van der Waals surface area contributed by atoms with E-state index in [1.54, 1.807) is 11.9 Å². The van der Waals surface area contributed by atoms with Crippen LogP contribution in [-0.2, 0) is 30.3 Å². The number of nitrogens with zero attached hydrogens (tertiary/aromatic N) is 1. The molecule has 1 aromatic rings. The molecule has 0 saturated carbocycles. The largest absolute Gasteiger partial charge is 0.461 e. The third-order valence-corrected chi connectivity index (χ3v) is 5.50. The van der Waals surface area contributed by atoms with Crippen molar-refractivity contribution in [3.05, 3.63) is 47.5 Å². The number of benzene rings is 1. The first-order valence-electron chi connectivity index (χ1n) is 10.1. The van der Waals surface area contributed by atoms with Crippen LogP contribution in [0, 0.1) is 0 Å². The molecule has 1 fully saturated rings. The average molecular weight is 467 g/mol. The van der Waals surface area contributed by atoms with Crippen molar-refractivity contribution in [1.29, 1.82) is 0 Å². The summed E-state index contributed by atoms with van der Waals surface area (Å²) in [6, 6.07) is 8.85. The van der Waals surface area contributed by atoms with Crippen LogP contribution in [0.2, 0.25) is 0 Å². The molecule has 8 nitrogen and oxygen atoms in total. The lowest BCUT2D eigenvalue weighted by Crippen LogP contribution is -2.68. The van der Waals surface area contributed by atoms with Crippen molar-refractivity contribution < 1.29 is 29.0 Å². The molecule has 32 heavy (non-hydrogen) atoms. The van der Waals surface area contributed by atoms with Gasteiger partial charge >= 0.3 is 5.97 Å². The van der Waals surface area contributed by atoms with E-state index in [0.717, 1.165) is 24.5 Å². The Morgan fingerprint density at radius 1 is 1.22 bits per heavy atom. The topological polar surface area (TPSA) is 113 Å². The number of hydrogen-bond acceptors (Lipinski definition) is 7. The summed E-state index contributed by atoms with van der Waals surface area (Å²) in [6.45, 7) is 5.62. The second kappa shape index (κ2) is 17.0. The summed E-state index contributed by atoms with van der Waals surface area (Å²) in [6.07, 6.45) is 3.11. The lowest BCUT2D eigenvalue weighted by Gasteiger charge is -2.44. The number of amides is 2. The Morgan fingerprint density at radius 3 is 2.38 bits per heavy atom. The van der Waals surface area contributed by atoms with Crippen LogP contribution in [0.3, 0.4) is 0 Å². The average Bonchev–Trinajstić information content (AvgIpc) is 2.77. The maximum atomic E-state index is 12.2. The number of ether oxygens (including phenoxy) is 1. The Morgan fingerprint density at radius 2 is 1.81 bits per heavy atom. The minimum Gasteiger partial charge on any atom is -0.461 e. The zero-order chi connectivity index (χ0) is 24.5. The number of hydrogen-bond donors (Lipinski definition) is 2. The van der Waals surface area contributed by atoms with Crippen LogP contribution in [0.15, 0.2) is 42.0 Å². The summed E-state index contributed by atoms with van der Waals surface area (Å²) >= 11 is 1.47. The van der Waals surface area contributed by atoms with E-state index in [-0.39, 0.29) is 42.6 Å². The van der Waals surface area contributed by atoms with Crippen LogP contribution in [0.25, 0.3) is 0 Å². The number of aliphatic hydroxyl groups excluding tert-OH is 1. The first kappa shape index (κ1) is 29.4. The SMILES string of the molecule is CC(C)=CCOC(=O)CCSC1C(NC(=O)Cc2ccccc2)C(=O)N1C.CC=O.CO. The van der Waals surface area contributed by atoms with E-state index in [4.69, 9.17) is 14.6 Å². The molecule has 1 saturated heterocycles. The van der Waals surface area contributed by atoms with E-state index in [9.17, 15) is 14.4 Å². The number of likely N-dealkylation sites (N-methyl/N-ethyl adjacent to an activating group) is 1. The Labute approximate surface area is 194 Å². The van der Waals surface area contributed by atoms with Gasteiger partial charge in [-0.05, 0) is 32.4 Å². The van der Waals surface area contributed by atoms with Crippen molar-refractivity contribution in [2.75, 3.05) is 26.5 Å². The number of allylic oxidation sites excluding steroid dienone is 1. The third-order valence-electron chi connectivity index (χ3n) is 4.14. The van der Waals surface area contributed by atoms with Crippen molar-refractivity contribution in [3.8, 4) is 0 Å². The fraction of sp³-hybridized carbons (Fsp3) is 0.478. The lowest BCUT2D eigenvalue weighted by atomic mass is 10.1. The first-order chi connectivity index (χ1) is 15.3. The van der Waals surface area contributed by atoms with Crippen LogP contribution >= 0.6 is 11.8 Å². The molecule has 2 atom stereocenters. The molecular weight excluding hydrogens is 432 g/mol. The number of aldehydes is 1. The van der Waals surface area contributed by atoms with Crippen LogP contribution < -0.4 is 5.32 Å². The lowest BCUT2D eigenvalue weighted by molar-refractivity contribution is -0.146. The number of rotatable bonds is 9. The van der Waals surface area contributed by atoms with Gasteiger partial charge in [0.25, 0.3) is 0 Å². The molecule has 1 aliphatic rings.